The SMILES string of the molecule is CC1(O)CCC2CC1(O)C2(C)C.[B].[B]. The first-order valence-corrected chi connectivity index (χ1v) is 4.76. The van der Waals surface area contributed by atoms with Crippen molar-refractivity contribution in [2.75, 3.05) is 0 Å². The Labute approximate surface area is 90.2 Å². The Morgan fingerprint density at radius 1 is 1.07 bits per heavy atom. The van der Waals surface area contributed by atoms with Crippen molar-refractivity contribution >= 4 is 16.8 Å². The van der Waals surface area contributed by atoms with Gasteiger partial charge in [0.05, 0.1) is 11.2 Å². The van der Waals surface area contributed by atoms with E-state index in [9.17, 15) is 10.2 Å². The van der Waals surface area contributed by atoms with Crippen molar-refractivity contribution in [3.8, 4) is 0 Å². The molecule has 6 radical (unpaired) electrons. The molecule has 14 heavy (non-hydrogen) atoms. The topological polar surface area (TPSA) is 40.5 Å². The van der Waals surface area contributed by atoms with Gasteiger partial charge < -0.3 is 10.2 Å². The zero-order valence-electron chi connectivity index (χ0n) is 9.25. The molecule has 0 spiro atoms. The summed E-state index contributed by atoms with van der Waals surface area (Å²) in [7, 11) is 0. The highest BCUT2D eigenvalue weighted by Gasteiger charge is 2.69. The third-order valence-electron chi connectivity index (χ3n) is 4.50. The summed E-state index contributed by atoms with van der Waals surface area (Å²) in [5.41, 5.74) is -1.79. The van der Waals surface area contributed by atoms with Gasteiger partial charge in [0, 0.05) is 16.8 Å². The minimum Gasteiger partial charge on any atom is -0.387 e. The predicted molar refractivity (Wildman–Crippen MR) is 58.2 cm³/mol. The van der Waals surface area contributed by atoms with Crippen molar-refractivity contribution in [2.24, 2.45) is 11.3 Å². The molecular weight excluding hydrogens is 174 g/mol. The molecule has 4 heteroatoms. The molecule has 0 aromatic carbocycles. The number of rotatable bonds is 0. The predicted octanol–water partition coefficient (Wildman–Crippen LogP) is 0.547. The standard InChI is InChI=1S/C10H18O2.2B/c1-8(2)7-4-5-9(3,11)10(8,12)6-7;;/h7,11-12H,4-6H2,1-3H3;;. The van der Waals surface area contributed by atoms with Gasteiger partial charge in [0.15, 0.2) is 0 Å². The maximum Gasteiger partial charge on any atom is 0.0986 e. The van der Waals surface area contributed by atoms with Crippen molar-refractivity contribution in [1.29, 1.82) is 0 Å². The zero-order chi connectivity index (χ0) is 9.20. The maximum atomic E-state index is 10.2. The lowest BCUT2D eigenvalue weighted by molar-refractivity contribution is -0.312. The first-order chi connectivity index (χ1) is 5.31. The molecule has 3 aliphatic rings. The Kier molecular flexibility index (Phi) is 3.29. The van der Waals surface area contributed by atoms with Crippen LogP contribution in [0.4, 0.5) is 0 Å². The summed E-state index contributed by atoms with van der Waals surface area (Å²) in [4.78, 5) is 0. The average molecular weight is 192 g/mol. The molecule has 0 aromatic rings. The van der Waals surface area contributed by atoms with E-state index >= 15 is 0 Å². The van der Waals surface area contributed by atoms with Crippen LogP contribution >= 0.6 is 0 Å². The Hall–Kier alpha value is 0.0499. The Bertz CT molecular complexity index is 218. The fourth-order valence-corrected chi connectivity index (χ4v) is 3.12. The van der Waals surface area contributed by atoms with Gasteiger partial charge in [0.25, 0.3) is 0 Å². The van der Waals surface area contributed by atoms with Gasteiger partial charge in [-0.1, -0.05) is 13.8 Å². The van der Waals surface area contributed by atoms with Crippen molar-refractivity contribution < 1.29 is 10.2 Å². The summed E-state index contributed by atoms with van der Waals surface area (Å²) >= 11 is 0. The highest BCUT2D eigenvalue weighted by atomic mass is 16.4. The molecule has 2 nitrogen and oxygen atoms in total. The Morgan fingerprint density at radius 3 is 1.86 bits per heavy atom. The normalized spacial score (nSPS) is 48.2. The van der Waals surface area contributed by atoms with Gasteiger partial charge in [0.2, 0.25) is 0 Å². The first-order valence-electron chi connectivity index (χ1n) is 4.76. The molecule has 3 rings (SSSR count). The van der Waals surface area contributed by atoms with Crippen LogP contribution in [0.25, 0.3) is 0 Å². The van der Waals surface area contributed by atoms with Gasteiger partial charge in [-0.15, -0.1) is 0 Å². The third-order valence-corrected chi connectivity index (χ3v) is 4.50. The average Bonchev–Trinajstić information content (AvgIpc) is 1.94. The summed E-state index contributed by atoms with van der Waals surface area (Å²) in [5.74, 6) is 0.614. The maximum absolute atomic E-state index is 10.2. The largest absolute Gasteiger partial charge is 0.387 e. The third kappa shape index (κ3) is 1.20. The van der Waals surface area contributed by atoms with Crippen LogP contribution < -0.4 is 0 Å². The summed E-state index contributed by atoms with van der Waals surface area (Å²) in [6.45, 7) is 5.90. The van der Waals surface area contributed by atoms with E-state index in [1.165, 1.54) is 0 Å². The van der Waals surface area contributed by atoms with Gasteiger partial charge in [-0.05, 0) is 37.5 Å². The van der Waals surface area contributed by atoms with Crippen molar-refractivity contribution in [3.05, 3.63) is 0 Å². The lowest BCUT2D eigenvalue weighted by Crippen LogP contribution is -2.74. The Morgan fingerprint density at radius 2 is 1.57 bits per heavy atom. The molecule has 0 aromatic heterocycles. The van der Waals surface area contributed by atoms with Gasteiger partial charge in [0.1, 0.15) is 0 Å². The van der Waals surface area contributed by atoms with Gasteiger partial charge in [-0.2, -0.15) is 0 Å². The van der Waals surface area contributed by atoms with Crippen LogP contribution in [-0.2, 0) is 0 Å². The van der Waals surface area contributed by atoms with Gasteiger partial charge in [-0.3, -0.25) is 0 Å². The lowest BCUT2D eigenvalue weighted by Gasteiger charge is -2.68. The van der Waals surface area contributed by atoms with E-state index in [4.69, 9.17) is 0 Å². The van der Waals surface area contributed by atoms with E-state index in [0.29, 0.717) is 5.92 Å². The van der Waals surface area contributed by atoms with Crippen LogP contribution in [0, 0.1) is 11.3 Å². The molecule has 3 fully saturated rings. The molecule has 0 heterocycles. The summed E-state index contributed by atoms with van der Waals surface area (Å²) in [6, 6.07) is 0. The Balaban J connectivity index is 0.000000845. The van der Waals surface area contributed by atoms with E-state index in [1.807, 2.05) is 0 Å². The lowest BCUT2D eigenvalue weighted by atomic mass is 9.41. The van der Waals surface area contributed by atoms with E-state index in [2.05, 4.69) is 13.8 Å². The monoisotopic (exact) mass is 192 g/mol. The summed E-state index contributed by atoms with van der Waals surface area (Å²) in [6.07, 6.45) is 2.59. The van der Waals surface area contributed by atoms with E-state index in [0.717, 1.165) is 19.3 Å². The number of aliphatic hydroxyl groups is 2. The highest BCUT2D eigenvalue weighted by Crippen LogP contribution is 2.65. The van der Waals surface area contributed by atoms with E-state index < -0.39 is 11.2 Å². The van der Waals surface area contributed by atoms with Crippen molar-refractivity contribution in [3.63, 3.8) is 0 Å². The zero-order valence-corrected chi connectivity index (χ0v) is 9.25. The minimum absolute atomic E-state index is 0. The van der Waals surface area contributed by atoms with E-state index in [1.54, 1.807) is 6.92 Å². The minimum atomic E-state index is -0.870. The molecule has 2 N–H and O–H groups in total. The quantitative estimate of drug-likeness (QED) is 0.550. The number of fused-ring (bicyclic) bond motifs is 2. The molecule has 2 bridgehead atoms. The molecule has 3 saturated carbocycles. The fourth-order valence-electron chi connectivity index (χ4n) is 3.12. The molecule has 3 aliphatic carbocycles. The second-order valence-electron chi connectivity index (χ2n) is 5.30. The van der Waals surface area contributed by atoms with Crippen LogP contribution in [0.15, 0.2) is 0 Å². The van der Waals surface area contributed by atoms with E-state index in [-0.39, 0.29) is 22.2 Å². The summed E-state index contributed by atoms with van der Waals surface area (Å²) in [5, 5.41) is 20.3. The van der Waals surface area contributed by atoms with Crippen LogP contribution in [0.1, 0.15) is 40.0 Å². The fraction of sp³-hybridized carbons (Fsp3) is 1.00. The smallest absolute Gasteiger partial charge is 0.0986 e. The van der Waals surface area contributed by atoms with Crippen molar-refractivity contribution in [2.45, 2.75) is 51.2 Å². The number of hydrogen-bond acceptors (Lipinski definition) is 2. The number of hydrogen-bond donors (Lipinski definition) is 2. The molecule has 3 unspecified atom stereocenters. The second-order valence-corrected chi connectivity index (χ2v) is 5.30. The van der Waals surface area contributed by atoms with Crippen LogP contribution in [0.2, 0.25) is 0 Å². The highest BCUT2D eigenvalue weighted by molar-refractivity contribution is 5.76. The summed E-state index contributed by atoms with van der Waals surface area (Å²) < 4.78 is 0. The van der Waals surface area contributed by atoms with Gasteiger partial charge >= 0.3 is 0 Å². The van der Waals surface area contributed by atoms with Crippen molar-refractivity contribution in [1.82, 2.24) is 0 Å². The molecule has 76 valence electrons. The molecule has 0 aliphatic heterocycles. The van der Waals surface area contributed by atoms with Gasteiger partial charge in [-0.25, -0.2) is 0 Å². The molecular formula is C10H18B2O2. The molecule has 0 saturated heterocycles. The molecule has 0 amide bonds. The van der Waals surface area contributed by atoms with Crippen LogP contribution in [-0.4, -0.2) is 38.2 Å². The van der Waals surface area contributed by atoms with Crippen LogP contribution in [0.5, 0.6) is 0 Å². The molecule has 3 atom stereocenters. The first kappa shape index (κ1) is 14.0. The van der Waals surface area contributed by atoms with Crippen LogP contribution in [0.3, 0.4) is 0 Å². The second kappa shape index (κ2) is 3.28.